The first-order valence-corrected chi connectivity index (χ1v) is 12.4. The van der Waals surface area contributed by atoms with Gasteiger partial charge in [0.15, 0.2) is 0 Å². The number of carbonyl (C=O) groups excluding carboxylic acids is 2. The quantitative estimate of drug-likeness (QED) is 0.331. The highest BCUT2D eigenvalue weighted by atomic mass is 32.1. The number of carbonyl (C=O) groups is 2. The Kier molecular flexibility index (Phi) is 6.64. The third kappa shape index (κ3) is 4.78. The second-order valence-corrected chi connectivity index (χ2v) is 9.46. The fourth-order valence-corrected chi connectivity index (χ4v) is 4.87. The van der Waals surface area contributed by atoms with Crippen LogP contribution in [0.5, 0.6) is 0 Å². The molecule has 0 aliphatic rings. The minimum Gasteiger partial charge on any atom is -0.467 e. The molecule has 5 rings (SSSR count). The largest absolute Gasteiger partial charge is 0.467 e. The van der Waals surface area contributed by atoms with Gasteiger partial charge in [0.25, 0.3) is 0 Å². The Morgan fingerprint density at radius 2 is 1.92 bits per heavy atom. The van der Waals surface area contributed by atoms with Crippen LogP contribution in [0, 0.1) is 13.8 Å². The first-order chi connectivity index (χ1) is 17.5. The summed E-state index contributed by atoms with van der Waals surface area (Å²) < 4.78 is 6.94. The molecule has 1 N–H and O–H groups in total. The number of fused-ring (bicyclic) bond motifs is 1. The van der Waals surface area contributed by atoms with E-state index in [1.807, 2.05) is 73.8 Å². The Bertz CT molecular complexity index is 1490. The maximum absolute atomic E-state index is 14.0. The van der Waals surface area contributed by atoms with Crippen LogP contribution < -0.4 is 10.2 Å². The van der Waals surface area contributed by atoms with Crippen LogP contribution in [0.15, 0.2) is 82.8 Å². The molecule has 182 valence electrons. The van der Waals surface area contributed by atoms with Gasteiger partial charge in [-0.15, -0.1) is 16.4 Å². The number of nitrogens with zero attached hydrogens (tertiary/aromatic N) is 4. The molecule has 0 aliphatic heterocycles. The first kappa shape index (κ1) is 23.5. The smallest absolute Gasteiger partial charge is 0.249 e. The van der Waals surface area contributed by atoms with Crippen LogP contribution in [-0.4, -0.2) is 26.8 Å². The molecule has 0 spiro atoms. The lowest BCUT2D eigenvalue weighted by Crippen LogP contribution is -2.45. The first-order valence-electron chi connectivity index (χ1n) is 11.5. The molecule has 0 saturated carbocycles. The fraction of sp³-hybridized carbons (Fsp3) is 0.185. The molecule has 0 unspecified atom stereocenters. The van der Waals surface area contributed by atoms with Gasteiger partial charge in [-0.3, -0.25) is 14.5 Å². The summed E-state index contributed by atoms with van der Waals surface area (Å²) >= 11 is 1.43. The molecule has 3 aromatic heterocycles. The van der Waals surface area contributed by atoms with Crippen molar-refractivity contribution in [1.82, 2.24) is 20.3 Å². The van der Waals surface area contributed by atoms with Gasteiger partial charge in [0.2, 0.25) is 11.8 Å². The molecular formula is C27H25N5O3S. The molecule has 2 aromatic carbocycles. The van der Waals surface area contributed by atoms with Crippen molar-refractivity contribution in [3.05, 3.63) is 100 Å². The zero-order chi connectivity index (χ0) is 25.1. The van der Waals surface area contributed by atoms with Crippen LogP contribution in [0.1, 0.15) is 27.8 Å². The normalized spacial score (nSPS) is 11.9. The highest BCUT2D eigenvalue weighted by Crippen LogP contribution is 2.32. The van der Waals surface area contributed by atoms with Crippen LogP contribution in [0.4, 0.5) is 5.69 Å². The van der Waals surface area contributed by atoms with Crippen molar-refractivity contribution in [1.29, 1.82) is 0 Å². The van der Waals surface area contributed by atoms with Crippen molar-refractivity contribution in [2.75, 3.05) is 4.90 Å². The monoisotopic (exact) mass is 499 g/mol. The molecule has 0 bridgehead atoms. The molecule has 0 radical (unpaired) electrons. The second-order valence-electron chi connectivity index (χ2n) is 8.48. The van der Waals surface area contributed by atoms with E-state index in [1.165, 1.54) is 11.3 Å². The number of rotatable bonds is 8. The maximum atomic E-state index is 14.0. The van der Waals surface area contributed by atoms with Crippen LogP contribution in [0.3, 0.4) is 0 Å². The van der Waals surface area contributed by atoms with Crippen molar-refractivity contribution in [2.45, 2.75) is 33.0 Å². The topological polar surface area (TPSA) is 93.3 Å². The lowest BCUT2D eigenvalue weighted by Gasteiger charge is -2.31. The van der Waals surface area contributed by atoms with Gasteiger partial charge in [-0.25, -0.2) is 4.68 Å². The summed E-state index contributed by atoms with van der Waals surface area (Å²) in [6.45, 7) is 4.15. The number of hydrogen-bond acceptors (Lipinski definition) is 6. The number of benzene rings is 2. The van der Waals surface area contributed by atoms with Crippen molar-refractivity contribution in [3.63, 3.8) is 0 Å². The average molecular weight is 500 g/mol. The fourth-order valence-electron chi connectivity index (χ4n) is 4.06. The van der Waals surface area contributed by atoms with E-state index < -0.39 is 6.04 Å². The standard InChI is InChI=1S/C27H25N5O3S/c1-18-11-12-20(15-19(18)2)32(25(33)17-31-23-9-4-3-8-22(23)29-30-31)26(24-10-6-14-36-24)27(34)28-16-21-7-5-13-35-21/h3-15,26H,16-17H2,1-2H3,(H,28,34)/t26-/m1/s1. The number of hydrogen-bond donors (Lipinski definition) is 1. The van der Waals surface area contributed by atoms with E-state index in [-0.39, 0.29) is 24.9 Å². The van der Waals surface area contributed by atoms with Crippen LogP contribution in [-0.2, 0) is 22.7 Å². The molecule has 0 aliphatic carbocycles. The van der Waals surface area contributed by atoms with Gasteiger partial charge in [-0.05, 0) is 72.8 Å². The van der Waals surface area contributed by atoms with Gasteiger partial charge in [-0.1, -0.05) is 29.5 Å². The summed E-state index contributed by atoms with van der Waals surface area (Å²) in [7, 11) is 0. The Morgan fingerprint density at radius 3 is 2.67 bits per heavy atom. The van der Waals surface area contributed by atoms with Gasteiger partial charge in [0.1, 0.15) is 23.9 Å². The molecule has 36 heavy (non-hydrogen) atoms. The van der Waals surface area contributed by atoms with E-state index >= 15 is 0 Å². The van der Waals surface area contributed by atoms with Crippen LogP contribution in [0.2, 0.25) is 0 Å². The van der Waals surface area contributed by atoms with E-state index in [0.29, 0.717) is 17.0 Å². The number of amides is 2. The minimum atomic E-state index is -0.871. The van der Waals surface area contributed by atoms with E-state index in [0.717, 1.165) is 21.5 Å². The molecule has 9 heteroatoms. The number of para-hydroxylation sites is 1. The zero-order valence-electron chi connectivity index (χ0n) is 19.9. The van der Waals surface area contributed by atoms with E-state index in [4.69, 9.17) is 4.42 Å². The summed E-state index contributed by atoms with van der Waals surface area (Å²) in [6, 6.07) is 19.7. The third-order valence-corrected chi connectivity index (χ3v) is 7.00. The number of furan rings is 1. The highest BCUT2D eigenvalue weighted by Gasteiger charge is 2.34. The van der Waals surface area contributed by atoms with E-state index in [1.54, 1.807) is 28.0 Å². The Hall–Kier alpha value is -4.24. The number of aryl methyl sites for hydroxylation is 2. The van der Waals surface area contributed by atoms with Gasteiger partial charge in [0.05, 0.1) is 18.3 Å². The molecule has 2 amide bonds. The molecule has 8 nitrogen and oxygen atoms in total. The van der Waals surface area contributed by atoms with Crippen LogP contribution >= 0.6 is 11.3 Å². The Morgan fingerprint density at radius 1 is 1.06 bits per heavy atom. The zero-order valence-corrected chi connectivity index (χ0v) is 20.7. The molecule has 0 fully saturated rings. The SMILES string of the molecule is Cc1ccc(N(C(=O)Cn2nnc3ccccc32)[C@@H](C(=O)NCc2ccco2)c2cccs2)cc1C. The number of thiophene rings is 1. The van der Waals surface area contributed by atoms with Gasteiger partial charge in [0, 0.05) is 10.6 Å². The van der Waals surface area contributed by atoms with E-state index in [2.05, 4.69) is 15.6 Å². The molecule has 5 aromatic rings. The van der Waals surface area contributed by atoms with Crippen molar-refractivity contribution in [3.8, 4) is 0 Å². The molecule has 3 heterocycles. The molecule has 1 atom stereocenters. The van der Waals surface area contributed by atoms with E-state index in [9.17, 15) is 9.59 Å². The third-order valence-electron chi connectivity index (χ3n) is 6.08. The number of nitrogens with one attached hydrogen (secondary N) is 1. The lowest BCUT2D eigenvalue weighted by molar-refractivity contribution is -0.127. The molecular weight excluding hydrogens is 474 g/mol. The van der Waals surface area contributed by atoms with Crippen LogP contribution in [0.25, 0.3) is 11.0 Å². The summed E-state index contributed by atoms with van der Waals surface area (Å²) in [5.74, 6) is 0.0516. The van der Waals surface area contributed by atoms with Crippen molar-refractivity contribution in [2.24, 2.45) is 0 Å². The van der Waals surface area contributed by atoms with Crippen molar-refractivity contribution < 1.29 is 14.0 Å². The van der Waals surface area contributed by atoms with Gasteiger partial charge >= 0.3 is 0 Å². The van der Waals surface area contributed by atoms with Gasteiger partial charge in [-0.2, -0.15) is 0 Å². The number of aromatic nitrogens is 3. The van der Waals surface area contributed by atoms with Crippen molar-refractivity contribution >= 4 is 39.9 Å². The predicted molar refractivity (Wildman–Crippen MR) is 139 cm³/mol. The maximum Gasteiger partial charge on any atom is 0.249 e. The highest BCUT2D eigenvalue weighted by molar-refractivity contribution is 7.10. The number of anilines is 1. The minimum absolute atomic E-state index is 0.0687. The second kappa shape index (κ2) is 10.2. The molecule has 0 saturated heterocycles. The summed E-state index contributed by atoms with van der Waals surface area (Å²) in [5, 5.41) is 13.2. The Labute approximate surface area is 212 Å². The lowest BCUT2D eigenvalue weighted by atomic mass is 10.1. The summed E-state index contributed by atoms with van der Waals surface area (Å²) in [5.41, 5.74) is 4.22. The average Bonchev–Trinajstić information content (AvgIpc) is 3.66. The summed E-state index contributed by atoms with van der Waals surface area (Å²) in [4.78, 5) is 29.9. The predicted octanol–water partition coefficient (Wildman–Crippen LogP) is 4.79. The van der Waals surface area contributed by atoms with Gasteiger partial charge < -0.3 is 9.73 Å². The summed E-state index contributed by atoms with van der Waals surface area (Å²) in [6.07, 6.45) is 1.56. The Balaban J connectivity index is 1.54.